The van der Waals surface area contributed by atoms with Crippen molar-refractivity contribution in [2.45, 2.75) is 57.1 Å². The van der Waals surface area contributed by atoms with Crippen molar-refractivity contribution < 1.29 is 18.0 Å². The fourth-order valence-electron chi connectivity index (χ4n) is 4.89. The van der Waals surface area contributed by atoms with E-state index in [9.17, 15) is 18.0 Å². The van der Waals surface area contributed by atoms with Crippen molar-refractivity contribution in [3.63, 3.8) is 0 Å². The third kappa shape index (κ3) is 8.27. The normalized spacial score (nSPS) is 12.6. The van der Waals surface area contributed by atoms with Gasteiger partial charge in [-0.1, -0.05) is 109 Å². The first-order valence-corrected chi connectivity index (χ1v) is 16.4. The van der Waals surface area contributed by atoms with Crippen molar-refractivity contribution in [2.24, 2.45) is 0 Å². The zero-order chi connectivity index (χ0) is 31.7. The molecule has 0 radical (unpaired) electrons. The number of carbonyl (C=O) groups excluding carboxylic acids is 2. The molecule has 0 fully saturated rings. The van der Waals surface area contributed by atoms with Crippen LogP contribution in [0.25, 0.3) is 0 Å². The molecule has 0 saturated carbocycles. The molecule has 4 aromatic carbocycles. The van der Waals surface area contributed by atoms with Gasteiger partial charge in [0.15, 0.2) is 0 Å². The quantitative estimate of drug-likeness (QED) is 0.185. The van der Waals surface area contributed by atoms with Gasteiger partial charge in [0, 0.05) is 19.0 Å². The van der Waals surface area contributed by atoms with Crippen molar-refractivity contribution in [1.29, 1.82) is 0 Å². The summed E-state index contributed by atoms with van der Waals surface area (Å²) in [5, 5.41) is 3.23. The Hall–Kier alpha value is -4.14. The van der Waals surface area contributed by atoms with Gasteiger partial charge in [-0.2, -0.15) is 0 Å². The zero-order valence-corrected chi connectivity index (χ0v) is 26.8. The Labute approximate surface area is 265 Å². The molecule has 1 N–H and O–H groups in total. The van der Waals surface area contributed by atoms with E-state index in [1.807, 2.05) is 75.4 Å². The van der Waals surface area contributed by atoms with Crippen LogP contribution in [-0.4, -0.2) is 43.8 Å². The van der Waals surface area contributed by atoms with Gasteiger partial charge in [-0.25, -0.2) is 8.42 Å². The first-order chi connectivity index (χ1) is 21.1. The summed E-state index contributed by atoms with van der Waals surface area (Å²) in [6, 6.07) is 30.6. The van der Waals surface area contributed by atoms with Gasteiger partial charge in [0.2, 0.25) is 11.8 Å². The number of aryl methyl sites for hydroxylation is 1. The summed E-state index contributed by atoms with van der Waals surface area (Å²) >= 11 is 6.52. The lowest BCUT2D eigenvalue weighted by atomic mass is 10.0. The number of halogens is 1. The average molecular weight is 632 g/mol. The number of carbonyl (C=O) groups is 2. The second-order valence-corrected chi connectivity index (χ2v) is 13.1. The molecule has 2 atom stereocenters. The van der Waals surface area contributed by atoms with E-state index >= 15 is 0 Å². The molecule has 0 bridgehead atoms. The minimum atomic E-state index is -4.21. The average Bonchev–Trinajstić information content (AvgIpc) is 3.02. The lowest BCUT2D eigenvalue weighted by Crippen LogP contribution is -2.54. The maximum Gasteiger partial charge on any atom is 0.264 e. The van der Waals surface area contributed by atoms with Crippen LogP contribution in [0, 0.1) is 6.92 Å². The Morgan fingerprint density at radius 1 is 0.841 bits per heavy atom. The molecular formula is C35H38ClN3O4S. The second-order valence-electron chi connectivity index (χ2n) is 10.8. The van der Waals surface area contributed by atoms with Crippen molar-refractivity contribution in [3.05, 3.63) is 131 Å². The third-order valence-corrected chi connectivity index (χ3v) is 9.53. The van der Waals surface area contributed by atoms with Crippen LogP contribution in [0.4, 0.5) is 5.69 Å². The molecule has 0 aromatic heterocycles. The summed E-state index contributed by atoms with van der Waals surface area (Å²) in [4.78, 5) is 29.9. The number of benzene rings is 4. The number of para-hydroxylation sites is 1. The molecule has 2 amide bonds. The predicted molar refractivity (Wildman–Crippen MR) is 176 cm³/mol. The second kappa shape index (κ2) is 15.0. The minimum absolute atomic E-state index is 0.0216. The molecule has 4 rings (SSSR count). The van der Waals surface area contributed by atoms with Crippen LogP contribution >= 0.6 is 11.6 Å². The fourth-order valence-corrected chi connectivity index (χ4v) is 6.63. The Bertz CT molecular complexity index is 1670. The number of anilines is 1. The van der Waals surface area contributed by atoms with Crippen molar-refractivity contribution in [3.8, 4) is 0 Å². The van der Waals surface area contributed by atoms with Gasteiger partial charge in [0.1, 0.15) is 12.6 Å². The summed E-state index contributed by atoms with van der Waals surface area (Å²) in [6.45, 7) is 5.39. The monoisotopic (exact) mass is 631 g/mol. The first kappa shape index (κ1) is 32.8. The van der Waals surface area contributed by atoms with E-state index in [0.717, 1.165) is 21.0 Å². The number of rotatable bonds is 13. The summed E-state index contributed by atoms with van der Waals surface area (Å²) in [7, 11) is -4.21. The van der Waals surface area contributed by atoms with Crippen LogP contribution in [0.1, 0.15) is 37.0 Å². The Kier molecular flexibility index (Phi) is 11.2. The van der Waals surface area contributed by atoms with E-state index in [1.54, 1.807) is 42.5 Å². The SMILES string of the molecule is CCC(C)NC(=O)C(Cc1ccccc1)N(Cc1cccc(C)c1)C(=O)CN(c1ccccc1Cl)S(=O)(=O)c1ccccc1. The van der Waals surface area contributed by atoms with Gasteiger partial charge in [0.05, 0.1) is 15.6 Å². The highest BCUT2D eigenvalue weighted by atomic mass is 35.5. The molecule has 44 heavy (non-hydrogen) atoms. The topological polar surface area (TPSA) is 86.8 Å². The van der Waals surface area contributed by atoms with Crippen molar-refractivity contribution in [2.75, 3.05) is 10.8 Å². The minimum Gasteiger partial charge on any atom is -0.352 e. The predicted octanol–water partition coefficient (Wildman–Crippen LogP) is 6.40. The number of sulfonamides is 1. The number of amides is 2. The number of nitrogens with one attached hydrogen (secondary N) is 1. The van der Waals surface area contributed by atoms with Gasteiger partial charge < -0.3 is 10.2 Å². The van der Waals surface area contributed by atoms with Crippen molar-refractivity contribution >= 4 is 39.1 Å². The van der Waals surface area contributed by atoms with Crippen LogP contribution in [0.5, 0.6) is 0 Å². The summed E-state index contributed by atoms with van der Waals surface area (Å²) in [6.07, 6.45) is 0.962. The molecule has 0 spiro atoms. The van der Waals surface area contributed by atoms with Gasteiger partial charge >= 0.3 is 0 Å². The van der Waals surface area contributed by atoms with E-state index < -0.39 is 28.5 Å². The lowest BCUT2D eigenvalue weighted by Gasteiger charge is -2.34. The Balaban J connectivity index is 1.81. The summed E-state index contributed by atoms with van der Waals surface area (Å²) in [5.41, 5.74) is 2.87. The van der Waals surface area contributed by atoms with Gasteiger partial charge in [0.25, 0.3) is 10.0 Å². The zero-order valence-electron chi connectivity index (χ0n) is 25.2. The molecule has 4 aromatic rings. The number of hydrogen-bond donors (Lipinski definition) is 1. The summed E-state index contributed by atoms with van der Waals surface area (Å²) < 4.78 is 29.1. The molecule has 0 aliphatic carbocycles. The maximum atomic E-state index is 14.5. The first-order valence-electron chi connectivity index (χ1n) is 14.6. The molecule has 7 nitrogen and oxygen atoms in total. The lowest BCUT2D eigenvalue weighted by molar-refractivity contribution is -0.140. The molecule has 230 valence electrons. The fraction of sp³-hybridized carbons (Fsp3) is 0.257. The van der Waals surface area contributed by atoms with E-state index in [4.69, 9.17) is 11.6 Å². The van der Waals surface area contributed by atoms with E-state index in [-0.39, 0.29) is 40.5 Å². The standard InChI is InChI=1S/C35H38ClN3O4S/c1-4-27(3)37-35(41)33(23-28-15-7-5-8-16-28)38(24-29-17-13-14-26(2)22-29)34(40)25-39(32-21-12-11-20-31(32)36)44(42,43)30-18-9-6-10-19-30/h5-22,27,33H,4,23-25H2,1-3H3,(H,37,41). The molecule has 2 unspecified atom stereocenters. The number of hydrogen-bond acceptors (Lipinski definition) is 4. The highest BCUT2D eigenvalue weighted by Gasteiger charge is 2.35. The van der Waals surface area contributed by atoms with Crippen LogP contribution in [0.2, 0.25) is 5.02 Å². The molecule has 0 heterocycles. The highest BCUT2D eigenvalue weighted by molar-refractivity contribution is 7.92. The summed E-state index contributed by atoms with van der Waals surface area (Å²) in [5.74, 6) is -0.842. The molecule has 0 aliphatic rings. The van der Waals surface area contributed by atoms with Gasteiger partial charge in [-0.05, 0) is 55.7 Å². The molecular weight excluding hydrogens is 594 g/mol. The van der Waals surface area contributed by atoms with Crippen LogP contribution < -0.4 is 9.62 Å². The van der Waals surface area contributed by atoms with Crippen LogP contribution in [-0.2, 0) is 32.6 Å². The number of nitrogens with zero attached hydrogens (tertiary/aromatic N) is 2. The van der Waals surface area contributed by atoms with Crippen LogP contribution in [0.3, 0.4) is 0 Å². The van der Waals surface area contributed by atoms with Gasteiger partial charge in [-0.15, -0.1) is 0 Å². The molecule has 0 aliphatic heterocycles. The maximum absolute atomic E-state index is 14.5. The largest absolute Gasteiger partial charge is 0.352 e. The smallest absolute Gasteiger partial charge is 0.264 e. The Morgan fingerprint density at radius 3 is 2.09 bits per heavy atom. The van der Waals surface area contributed by atoms with Gasteiger partial charge in [-0.3, -0.25) is 13.9 Å². The van der Waals surface area contributed by atoms with Crippen LogP contribution in [0.15, 0.2) is 114 Å². The highest BCUT2D eigenvalue weighted by Crippen LogP contribution is 2.31. The Morgan fingerprint density at radius 2 is 1.45 bits per heavy atom. The van der Waals surface area contributed by atoms with E-state index in [1.165, 1.54) is 17.0 Å². The third-order valence-electron chi connectivity index (χ3n) is 7.44. The van der Waals surface area contributed by atoms with E-state index in [0.29, 0.717) is 6.42 Å². The van der Waals surface area contributed by atoms with Crippen molar-refractivity contribution in [1.82, 2.24) is 10.2 Å². The van der Waals surface area contributed by atoms with E-state index in [2.05, 4.69) is 5.32 Å². The molecule has 9 heteroatoms. The molecule has 0 saturated heterocycles.